The standard InChI is InChI=1S/C21H25F2N8O/c1-2-28-7-9-29(10-8-28)19-25-20(30-11-13-32-14-12-30)27-21(26-19)31-16-6-4-3-5-15(16)24-18(31)17(22)23/h2-6,17H,7-14H2,1H3. The van der Waals surface area contributed by atoms with E-state index in [9.17, 15) is 8.78 Å². The molecule has 2 fully saturated rings. The van der Waals surface area contributed by atoms with Crippen LogP contribution in [0.4, 0.5) is 20.7 Å². The van der Waals surface area contributed by atoms with E-state index in [4.69, 9.17) is 9.72 Å². The Labute approximate surface area is 184 Å². The van der Waals surface area contributed by atoms with Crippen LogP contribution in [0.5, 0.6) is 0 Å². The Morgan fingerprint density at radius 3 is 2.12 bits per heavy atom. The maximum atomic E-state index is 13.9. The Morgan fingerprint density at radius 1 is 0.844 bits per heavy atom. The number of ether oxygens (including phenoxy) is 1. The van der Waals surface area contributed by atoms with Gasteiger partial charge in [-0.1, -0.05) is 12.1 Å². The number of imidazole rings is 1. The van der Waals surface area contributed by atoms with Crippen molar-refractivity contribution in [2.45, 2.75) is 13.3 Å². The van der Waals surface area contributed by atoms with E-state index in [1.165, 1.54) is 4.57 Å². The zero-order valence-corrected chi connectivity index (χ0v) is 17.9. The molecule has 1 radical (unpaired) electrons. The number of fused-ring (bicyclic) bond motifs is 1. The summed E-state index contributed by atoms with van der Waals surface area (Å²) in [5, 5.41) is 0. The Hall–Kier alpha value is -2.92. The summed E-state index contributed by atoms with van der Waals surface area (Å²) in [6.07, 6.45) is -2.77. The quantitative estimate of drug-likeness (QED) is 0.595. The van der Waals surface area contributed by atoms with Crippen molar-refractivity contribution in [1.82, 2.24) is 29.4 Å². The Morgan fingerprint density at radius 2 is 1.47 bits per heavy atom. The van der Waals surface area contributed by atoms with Gasteiger partial charge in [-0.25, -0.2) is 13.8 Å². The van der Waals surface area contributed by atoms with E-state index < -0.39 is 6.43 Å². The summed E-state index contributed by atoms with van der Waals surface area (Å²) in [7, 11) is 0. The van der Waals surface area contributed by atoms with Crippen molar-refractivity contribution in [3.8, 4) is 5.95 Å². The van der Waals surface area contributed by atoms with Gasteiger partial charge in [-0.3, -0.25) is 9.47 Å². The van der Waals surface area contributed by atoms with Crippen molar-refractivity contribution in [2.75, 3.05) is 62.3 Å². The molecule has 2 saturated heterocycles. The first kappa shape index (κ1) is 21.0. The van der Waals surface area contributed by atoms with Crippen LogP contribution in [0.3, 0.4) is 0 Å². The number of aromatic nitrogens is 5. The van der Waals surface area contributed by atoms with Crippen LogP contribution in [0.15, 0.2) is 24.3 Å². The topological polar surface area (TPSA) is 75.4 Å². The molecule has 4 heterocycles. The minimum Gasteiger partial charge on any atom is -0.378 e. The van der Waals surface area contributed by atoms with E-state index in [0.717, 1.165) is 26.2 Å². The highest BCUT2D eigenvalue weighted by Crippen LogP contribution is 2.28. The molecule has 0 amide bonds. The van der Waals surface area contributed by atoms with Gasteiger partial charge in [-0.2, -0.15) is 15.0 Å². The molecule has 0 spiro atoms. The summed E-state index contributed by atoms with van der Waals surface area (Å²) in [6.45, 7) is 9.66. The minimum absolute atomic E-state index is 0.157. The summed E-state index contributed by atoms with van der Waals surface area (Å²) in [4.78, 5) is 24.5. The van der Waals surface area contributed by atoms with E-state index in [0.29, 0.717) is 49.2 Å². The number of benzene rings is 1. The molecule has 0 saturated carbocycles. The van der Waals surface area contributed by atoms with Crippen LogP contribution in [0, 0.1) is 6.54 Å². The third kappa shape index (κ3) is 3.97. The van der Waals surface area contributed by atoms with Crippen LogP contribution < -0.4 is 9.80 Å². The summed E-state index contributed by atoms with van der Waals surface area (Å²) >= 11 is 0. The van der Waals surface area contributed by atoms with E-state index in [2.05, 4.69) is 31.3 Å². The van der Waals surface area contributed by atoms with Crippen molar-refractivity contribution >= 4 is 22.9 Å². The molecule has 0 bridgehead atoms. The zero-order chi connectivity index (χ0) is 22.1. The molecule has 2 aliphatic heterocycles. The van der Waals surface area contributed by atoms with Gasteiger partial charge in [0.25, 0.3) is 6.43 Å². The SMILES string of the molecule is C[CH]N1CCN(c2nc(N3CCOCC3)nc(-n3c(C(F)F)nc4ccccc43)n2)CC1. The second kappa shape index (κ2) is 8.91. The van der Waals surface area contributed by atoms with Crippen molar-refractivity contribution in [2.24, 2.45) is 0 Å². The number of para-hydroxylation sites is 2. The molecule has 32 heavy (non-hydrogen) atoms. The number of nitrogens with zero attached hydrogens (tertiary/aromatic N) is 8. The second-order valence-electron chi connectivity index (χ2n) is 7.71. The van der Waals surface area contributed by atoms with Crippen molar-refractivity contribution < 1.29 is 13.5 Å². The Balaban J connectivity index is 1.62. The number of hydrogen-bond donors (Lipinski definition) is 0. The Kier molecular flexibility index (Phi) is 5.83. The van der Waals surface area contributed by atoms with Crippen LogP contribution in [0.2, 0.25) is 0 Å². The van der Waals surface area contributed by atoms with Gasteiger partial charge in [0.1, 0.15) is 0 Å². The summed E-state index contributed by atoms with van der Waals surface area (Å²) in [5.41, 5.74) is 1.02. The molecule has 9 nitrogen and oxygen atoms in total. The highest BCUT2D eigenvalue weighted by Gasteiger charge is 2.26. The first-order chi connectivity index (χ1) is 15.6. The fourth-order valence-corrected chi connectivity index (χ4v) is 4.07. The second-order valence-corrected chi connectivity index (χ2v) is 7.71. The van der Waals surface area contributed by atoms with Gasteiger partial charge in [0.05, 0.1) is 24.2 Å². The number of anilines is 2. The smallest absolute Gasteiger partial charge is 0.296 e. The number of halogens is 2. The zero-order valence-electron chi connectivity index (χ0n) is 17.9. The van der Waals surface area contributed by atoms with Gasteiger partial charge in [0.2, 0.25) is 17.8 Å². The largest absolute Gasteiger partial charge is 0.378 e. The Bertz CT molecular complexity index is 1080. The maximum absolute atomic E-state index is 13.9. The minimum atomic E-state index is -2.77. The third-order valence-corrected chi connectivity index (χ3v) is 5.84. The number of alkyl halides is 2. The molecule has 3 aromatic rings. The molecule has 2 aromatic heterocycles. The number of hydrogen-bond acceptors (Lipinski definition) is 8. The summed E-state index contributed by atoms with van der Waals surface area (Å²) in [6, 6.07) is 7.03. The van der Waals surface area contributed by atoms with Gasteiger partial charge in [0.15, 0.2) is 5.82 Å². The predicted molar refractivity (Wildman–Crippen MR) is 116 cm³/mol. The average molecular weight is 443 g/mol. The van der Waals surface area contributed by atoms with E-state index in [1.54, 1.807) is 24.3 Å². The number of rotatable bonds is 5. The van der Waals surface area contributed by atoms with Gasteiger partial charge < -0.3 is 14.5 Å². The van der Waals surface area contributed by atoms with Gasteiger partial charge >= 0.3 is 0 Å². The molecule has 0 atom stereocenters. The molecule has 1 aromatic carbocycles. The third-order valence-electron chi connectivity index (χ3n) is 5.84. The lowest BCUT2D eigenvalue weighted by molar-refractivity contribution is 0.122. The molecule has 0 aliphatic carbocycles. The molecular formula is C21H25F2N8O. The first-order valence-electron chi connectivity index (χ1n) is 10.8. The highest BCUT2D eigenvalue weighted by atomic mass is 19.3. The normalized spacial score (nSPS) is 18.1. The monoisotopic (exact) mass is 443 g/mol. The lowest BCUT2D eigenvalue weighted by Crippen LogP contribution is -2.46. The van der Waals surface area contributed by atoms with Crippen molar-refractivity contribution in [1.29, 1.82) is 0 Å². The fraction of sp³-hybridized carbons (Fsp3) is 0.476. The molecular weight excluding hydrogens is 418 g/mol. The van der Waals surface area contributed by atoms with Crippen LogP contribution in [-0.4, -0.2) is 81.9 Å². The summed E-state index contributed by atoms with van der Waals surface area (Å²) in [5.74, 6) is 0.743. The van der Waals surface area contributed by atoms with Gasteiger partial charge in [-0.15, -0.1) is 0 Å². The van der Waals surface area contributed by atoms with Crippen LogP contribution >= 0.6 is 0 Å². The van der Waals surface area contributed by atoms with Crippen LogP contribution in [0.1, 0.15) is 19.2 Å². The first-order valence-corrected chi connectivity index (χ1v) is 10.8. The van der Waals surface area contributed by atoms with E-state index in [-0.39, 0.29) is 11.8 Å². The van der Waals surface area contributed by atoms with E-state index in [1.807, 2.05) is 11.8 Å². The van der Waals surface area contributed by atoms with Crippen molar-refractivity contribution in [3.05, 3.63) is 36.6 Å². The number of morpholine rings is 1. The average Bonchev–Trinajstić information content (AvgIpc) is 3.24. The highest BCUT2D eigenvalue weighted by molar-refractivity contribution is 5.77. The molecule has 169 valence electrons. The molecule has 2 aliphatic rings. The maximum Gasteiger partial charge on any atom is 0.296 e. The summed E-state index contributed by atoms with van der Waals surface area (Å²) < 4.78 is 34.7. The van der Waals surface area contributed by atoms with Gasteiger partial charge in [-0.05, 0) is 19.1 Å². The number of piperazine rings is 1. The van der Waals surface area contributed by atoms with Crippen LogP contribution in [0.25, 0.3) is 17.0 Å². The fourth-order valence-electron chi connectivity index (χ4n) is 4.07. The van der Waals surface area contributed by atoms with Crippen molar-refractivity contribution in [3.63, 3.8) is 0 Å². The predicted octanol–water partition coefficient (Wildman–Crippen LogP) is 2.29. The molecule has 0 unspecified atom stereocenters. The van der Waals surface area contributed by atoms with E-state index >= 15 is 0 Å². The lowest BCUT2D eigenvalue weighted by Gasteiger charge is -2.34. The van der Waals surface area contributed by atoms with Gasteiger partial charge in [0, 0.05) is 45.8 Å². The molecule has 0 N–H and O–H groups in total. The molecule has 5 rings (SSSR count). The lowest BCUT2D eigenvalue weighted by atomic mass is 10.3. The van der Waals surface area contributed by atoms with Crippen LogP contribution in [-0.2, 0) is 4.74 Å². The molecule has 11 heteroatoms.